The Bertz CT molecular complexity index is 188. The van der Waals surface area contributed by atoms with E-state index in [9.17, 15) is 4.79 Å². The average Bonchev–Trinajstić information content (AvgIpc) is 2.24. The quantitative estimate of drug-likeness (QED) is 0.622. The molecule has 0 saturated carbocycles. The van der Waals surface area contributed by atoms with Gasteiger partial charge in [-0.2, -0.15) is 0 Å². The van der Waals surface area contributed by atoms with Crippen LogP contribution < -0.4 is 5.32 Å². The molecule has 88 valence electrons. The molecule has 1 amide bonds. The Balaban J connectivity index is 3.57. The predicted octanol–water partition coefficient (Wildman–Crippen LogP) is 1.80. The van der Waals surface area contributed by atoms with Crippen LogP contribution >= 0.6 is 0 Å². The maximum Gasteiger partial charge on any atom is 0.243 e. The summed E-state index contributed by atoms with van der Waals surface area (Å²) < 4.78 is 0. The molecule has 0 saturated heterocycles. The molecule has 0 aromatic heterocycles. The molecule has 0 aromatic carbocycles. The van der Waals surface area contributed by atoms with E-state index in [0.717, 1.165) is 32.5 Å². The summed E-state index contributed by atoms with van der Waals surface area (Å²) in [5, 5.41) is 2.86. The summed E-state index contributed by atoms with van der Waals surface area (Å²) in [5.41, 5.74) is 0. The molecule has 0 heterocycles. The molecule has 0 rings (SSSR count). The van der Waals surface area contributed by atoms with Gasteiger partial charge in [-0.15, -0.1) is 0 Å². The van der Waals surface area contributed by atoms with Crippen LogP contribution in [0.15, 0.2) is 12.7 Å². The summed E-state index contributed by atoms with van der Waals surface area (Å²) in [6.07, 6.45) is 3.47. The van der Waals surface area contributed by atoms with Gasteiger partial charge in [0.2, 0.25) is 5.91 Å². The first kappa shape index (κ1) is 14.2. The smallest absolute Gasteiger partial charge is 0.243 e. The molecule has 0 aromatic rings. The van der Waals surface area contributed by atoms with E-state index in [-0.39, 0.29) is 11.9 Å². The van der Waals surface area contributed by atoms with Crippen LogP contribution in [0.2, 0.25) is 0 Å². The average molecular weight is 212 g/mol. The van der Waals surface area contributed by atoms with Crippen molar-refractivity contribution in [3.8, 4) is 0 Å². The van der Waals surface area contributed by atoms with Crippen molar-refractivity contribution in [1.29, 1.82) is 0 Å². The molecule has 0 aliphatic rings. The third-order valence-corrected chi connectivity index (χ3v) is 2.58. The summed E-state index contributed by atoms with van der Waals surface area (Å²) in [7, 11) is 0. The lowest BCUT2D eigenvalue weighted by atomic mass is 10.1. The number of hydrogen-bond acceptors (Lipinski definition) is 2. The van der Waals surface area contributed by atoms with Gasteiger partial charge in [-0.1, -0.05) is 20.4 Å². The summed E-state index contributed by atoms with van der Waals surface area (Å²) in [6, 6.07) is 0.242. The van der Waals surface area contributed by atoms with E-state index in [1.54, 1.807) is 0 Å². The van der Waals surface area contributed by atoms with Crippen LogP contribution in [0.5, 0.6) is 0 Å². The molecule has 1 N–H and O–H groups in total. The van der Waals surface area contributed by atoms with E-state index in [1.165, 1.54) is 6.08 Å². The molecule has 0 fully saturated rings. The molecule has 0 aliphatic carbocycles. The number of carbonyl (C=O) groups is 1. The Hall–Kier alpha value is -0.830. The topological polar surface area (TPSA) is 32.3 Å². The number of nitrogens with zero attached hydrogens (tertiary/aromatic N) is 1. The summed E-state index contributed by atoms with van der Waals surface area (Å²) in [5.74, 6) is -0.0784. The van der Waals surface area contributed by atoms with Gasteiger partial charge in [-0.3, -0.25) is 4.79 Å². The summed E-state index contributed by atoms with van der Waals surface area (Å²) in [4.78, 5) is 13.4. The second kappa shape index (κ2) is 8.48. The largest absolute Gasteiger partial charge is 0.350 e. The Labute approximate surface area is 93.5 Å². The third-order valence-electron chi connectivity index (χ3n) is 2.58. The van der Waals surface area contributed by atoms with Crippen LogP contribution in [0.3, 0.4) is 0 Å². The molecule has 0 spiro atoms. The van der Waals surface area contributed by atoms with E-state index < -0.39 is 0 Å². The van der Waals surface area contributed by atoms with Crippen molar-refractivity contribution in [2.24, 2.45) is 0 Å². The van der Waals surface area contributed by atoms with Crippen LogP contribution in [0.4, 0.5) is 0 Å². The molecule has 0 aliphatic heterocycles. The number of carbonyl (C=O) groups excluding carboxylic acids is 1. The highest BCUT2D eigenvalue weighted by Gasteiger charge is 2.05. The molecular weight excluding hydrogens is 188 g/mol. The molecule has 15 heavy (non-hydrogen) atoms. The number of nitrogens with one attached hydrogen (secondary N) is 1. The summed E-state index contributed by atoms with van der Waals surface area (Å²) >= 11 is 0. The van der Waals surface area contributed by atoms with E-state index >= 15 is 0 Å². The first-order valence-corrected chi connectivity index (χ1v) is 5.79. The van der Waals surface area contributed by atoms with E-state index in [2.05, 4.69) is 30.6 Å². The first-order chi connectivity index (χ1) is 7.13. The van der Waals surface area contributed by atoms with Crippen molar-refractivity contribution in [1.82, 2.24) is 10.2 Å². The highest BCUT2D eigenvalue weighted by atomic mass is 16.1. The van der Waals surface area contributed by atoms with Crippen LogP contribution in [0, 0.1) is 0 Å². The maximum absolute atomic E-state index is 11.0. The van der Waals surface area contributed by atoms with Gasteiger partial charge in [-0.25, -0.2) is 0 Å². The molecule has 0 radical (unpaired) electrons. The fourth-order valence-electron chi connectivity index (χ4n) is 1.53. The second-order valence-corrected chi connectivity index (χ2v) is 3.78. The van der Waals surface area contributed by atoms with Gasteiger partial charge in [0.1, 0.15) is 0 Å². The van der Waals surface area contributed by atoms with E-state index in [1.807, 2.05) is 6.92 Å². The van der Waals surface area contributed by atoms with E-state index in [0.29, 0.717) is 0 Å². The fraction of sp³-hybridized carbons (Fsp3) is 0.750. The van der Waals surface area contributed by atoms with Gasteiger partial charge in [-0.05, 0) is 45.5 Å². The molecule has 0 bridgehead atoms. The van der Waals surface area contributed by atoms with Gasteiger partial charge >= 0.3 is 0 Å². The van der Waals surface area contributed by atoms with Crippen LogP contribution in [-0.4, -0.2) is 36.5 Å². The third kappa shape index (κ3) is 7.14. The molecule has 3 nitrogen and oxygen atoms in total. The second-order valence-electron chi connectivity index (χ2n) is 3.78. The SMILES string of the molecule is C=CC(=O)NC(C)CCCN(CC)CC. The van der Waals surface area contributed by atoms with Crippen molar-refractivity contribution in [3.63, 3.8) is 0 Å². The van der Waals surface area contributed by atoms with Crippen molar-refractivity contribution < 1.29 is 4.79 Å². The van der Waals surface area contributed by atoms with Gasteiger partial charge in [0, 0.05) is 6.04 Å². The normalized spacial score (nSPS) is 12.5. The molecular formula is C12H24N2O. The predicted molar refractivity (Wildman–Crippen MR) is 64.8 cm³/mol. The van der Waals surface area contributed by atoms with Crippen LogP contribution in [-0.2, 0) is 4.79 Å². The zero-order valence-corrected chi connectivity index (χ0v) is 10.3. The Morgan fingerprint density at radius 1 is 1.47 bits per heavy atom. The minimum absolute atomic E-state index is 0.0784. The number of hydrogen-bond donors (Lipinski definition) is 1. The summed E-state index contributed by atoms with van der Waals surface area (Å²) in [6.45, 7) is 13.1. The van der Waals surface area contributed by atoms with Gasteiger partial charge in [0.25, 0.3) is 0 Å². The fourth-order valence-corrected chi connectivity index (χ4v) is 1.53. The highest BCUT2D eigenvalue weighted by Crippen LogP contribution is 1.99. The zero-order chi connectivity index (χ0) is 11.7. The van der Waals surface area contributed by atoms with Crippen molar-refractivity contribution in [2.45, 2.75) is 39.7 Å². The minimum Gasteiger partial charge on any atom is -0.350 e. The Morgan fingerprint density at radius 3 is 2.53 bits per heavy atom. The van der Waals surface area contributed by atoms with Crippen molar-refractivity contribution in [3.05, 3.63) is 12.7 Å². The van der Waals surface area contributed by atoms with Crippen molar-refractivity contribution >= 4 is 5.91 Å². The van der Waals surface area contributed by atoms with E-state index in [4.69, 9.17) is 0 Å². The number of rotatable bonds is 8. The van der Waals surface area contributed by atoms with Crippen molar-refractivity contribution in [2.75, 3.05) is 19.6 Å². The molecule has 1 atom stereocenters. The standard InChI is InChI=1S/C12H24N2O/c1-5-12(15)13-11(4)9-8-10-14(6-2)7-3/h5,11H,1,6-10H2,2-4H3,(H,13,15). The molecule has 3 heteroatoms. The van der Waals surface area contributed by atoms with Gasteiger partial charge in [0.15, 0.2) is 0 Å². The van der Waals surface area contributed by atoms with Gasteiger partial charge in [0.05, 0.1) is 0 Å². The van der Waals surface area contributed by atoms with Crippen LogP contribution in [0.1, 0.15) is 33.6 Å². The lowest BCUT2D eigenvalue weighted by Gasteiger charge is -2.19. The monoisotopic (exact) mass is 212 g/mol. The first-order valence-electron chi connectivity index (χ1n) is 5.79. The van der Waals surface area contributed by atoms with Gasteiger partial charge < -0.3 is 10.2 Å². The Morgan fingerprint density at radius 2 is 2.07 bits per heavy atom. The maximum atomic E-state index is 11.0. The zero-order valence-electron chi connectivity index (χ0n) is 10.3. The molecule has 1 unspecified atom stereocenters. The Kier molecular flexibility index (Phi) is 8.01. The highest BCUT2D eigenvalue weighted by molar-refractivity contribution is 5.87. The lowest BCUT2D eigenvalue weighted by molar-refractivity contribution is -0.117. The lowest BCUT2D eigenvalue weighted by Crippen LogP contribution is -2.32. The minimum atomic E-state index is -0.0784. The number of amides is 1. The van der Waals surface area contributed by atoms with Crippen LogP contribution in [0.25, 0.3) is 0 Å².